The van der Waals surface area contributed by atoms with Gasteiger partial charge in [0.2, 0.25) is 0 Å². The Bertz CT molecular complexity index is 1460. The van der Waals surface area contributed by atoms with Crippen molar-refractivity contribution in [3.05, 3.63) is 88.6 Å². The van der Waals surface area contributed by atoms with Crippen LogP contribution in [0.1, 0.15) is 40.7 Å². The molecule has 0 spiro atoms. The maximum Gasteiger partial charge on any atom is 0.416 e. The number of aryl methyl sites for hydroxylation is 1. The number of hydrogen-bond acceptors (Lipinski definition) is 8. The first-order valence-electron chi connectivity index (χ1n) is 13.9. The van der Waals surface area contributed by atoms with Gasteiger partial charge in [-0.2, -0.15) is 13.2 Å². The summed E-state index contributed by atoms with van der Waals surface area (Å²) in [6.07, 6.45) is 4.17. The first-order chi connectivity index (χ1) is 20.3. The molecule has 43 heavy (non-hydrogen) atoms. The highest BCUT2D eigenvalue weighted by molar-refractivity contribution is 6.05. The number of nitrogens with two attached hydrogens (primary N) is 2. The van der Waals surface area contributed by atoms with Gasteiger partial charge >= 0.3 is 6.18 Å². The lowest BCUT2D eigenvalue weighted by Gasteiger charge is -2.36. The van der Waals surface area contributed by atoms with E-state index >= 15 is 0 Å². The van der Waals surface area contributed by atoms with Crippen LogP contribution < -0.4 is 26.8 Å². The van der Waals surface area contributed by atoms with Crippen molar-refractivity contribution in [1.82, 2.24) is 4.90 Å². The molecule has 4 rings (SSSR count). The summed E-state index contributed by atoms with van der Waals surface area (Å²) in [4.78, 5) is 21.5. The molecule has 0 aromatic heterocycles. The maximum absolute atomic E-state index is 13.8. The molecule has 1 saturated heterocycles. The molecule has 2 heterocycles. The molecule has 2 aromatic carbocycles. The summed E-state index contributed by atoms with van der Waals surface area (Å²) in [6.45, 7) is 3.05. The van der Waals surface area contributed by atoms with Gasteiger partial charge in [0, 0.05) is 66.7 Å². The van der Waals surface area contributed by atoms with E-state index in [9.17, 15) is 18.0 Å². The summed E-state index contributed by atoms with van der Waals surface area (Å²) in [5.41, 5.74) is 8.31. The van der Waals surface area contributed by atoms with Crippen LogP contribution in [0.15, 0.2) is 76.9 Å². The first kappa shape index (κ1) is 31.6. The number of methoxy groups -OCH3 is 1. The van der Waals surface area contributed by atoms with E-state index in [1.165, 1.54) is 11.2 Å². The third kappa shape index (κ3) is 7.96. The van der Waals surface area contributed by atoms with E-state index in [-0.39, 0.29) is 11.3 Å². The summed E-state index contributed by atoms with van der Waals surface area (Å²) in [5.74, 6) is 6.43. The van der Waals surface area contributed by atoms with Crippen LogP contribution in [0.25, 0.3) is 0 Å². The summed E-state index contributed by atoms with van der Waals surface area (Å²) in [5, 5.41) is 3.94. The number of hydrazine groups is 1. The SMILES string of the molecule is COC1=CC(/C(N)=C/N(N)c2cc(C(=O)Nc3cc(N4CCC(N(C)C)CC4)cc(C(F)(F)F)c3)ccc2C)=CN=CC1. The van der Waals surface area contributed by atoms with Crippen LogP contribution in [-0.4, -0.2) is 57.4 Å². The Morgan fingerprint density at radius 3 is 2.53 bits per heavy atom. The van der Waals surface area contributed by atoms with Crippen molar-refractivity contribution in [3.8, 4) is 0 Å². The van der Waals surface area contributed by atoms with E-state index in [1.54, 1.807) is 49.9 Å². The number of amides is 1. The molecule has 12 heteroatoms. The van der Waals surface area contributed by atoms with Gasteiger partial charge in [-0.05, 0) is 75.8 Å². The zero-order chi connectivity index (χ0) is 31.3. The minimum Gasteiger partial charge on any atom is -0.501 e. The van der Waals surface area contributed by atoms with E-state index in [1.807, 2.05) is 25.9 Å². The number of rotatable bonds is 8. The molecule has 2 aliphatic rings. The summed E-state index contributed by atoms with van der Waals surface area (Å²) >= 11 is 0. The van der Waals surface area contributed by atoms with Gasteiger partial charge in [0.15, 0.2) is 0 Å². The number of alkyl halides is 3. The topological polar surface area (TPSA) is 112 Å². The molecular formula is C31H38F3N7O2. The molecule has 0 unspecified atom stereocenters. The van der Waals surface area contributed by atoms with Crippen LogP contribution in [0.4, 0.5) is 30.2 Å². The Morgan fingerprint density at radius 2 is 1.88 bits per heavy atom. The highest BCUT2D eigenvalue weighted by atomic mass is 19.4. The molecule has 9 nitrogen and oxygen atoms in total. The average Bonchev–Trinajstić information content (AvgIpc) is 3.23. The first-order valence-corrected chi connectivity index (χ1v) is 13.9. The quantitative estimate of drug-likeness (QED) is 0.285. The number of halogens is 3. The minimum atomic E-state index is -4.57. The number of hydrogen-bond donors (Lipinski definition) is 3. The molecule has 0 aliphatic carbocycles. The molecule has 2 aromatic rings. The zero-order valence-corrected chi connectivity index (χ0v) is 24.8. The van der Waals surface area contributed by atoms with E-state index in [4.69, 9.17) is 16.3 Å². The molecular weight excluding hydrogens is 559 g/mol. The normalized spacial score (nSPS) is 16.5. The Morgan fingerprint density at radius 1 is 1.16 bits per heavy atom. The number of carbonyl (C=O) groups is 1. The Labute approximate surface area is 249 Å². The average molecular weight is 598 g/mol. The molecule has 2 aliphatic heterocycles. The van der Waals surface area contributed by atoms with Gasteiger partial charge in [0.25, 0.3) is 5.91 Å². The smallest absolute Gasteiger partial charge is 0.416 e. The molecule has 0 radical (unpaired) electrons. The molecule has 0 bridgehead atoms. The van der Waals surface area contributed by atoms with Crippen molar-refractivity contribution in [3.63, 3.8) is 0 Å². The van der Waals surface area contributed by atoms with Crippen molar-refractivity contribution < 1.29 is 22.7 Å². The second kappa shape index (κ2) is 13.3. The van der Waals surface area contributed by atoms with Gasteiger partial charge < -0.3 is 25.6 Å². The number of benzene rings is 2. The molecule has 5 N–H and O–H groups in total. The van der Waals surface area contributed by atoms with Crippen LogP contribution in [0.3, 0.4) is 0 Å². The lowest BCUT2D eigenvalue weighted by atomic mass is 10.0. The fraction of sp³-hybridized carbons (Fsp3) is 0.355. The number of nitrogens with one attached hydrogen (secondary N) is 1. The number of carbonyl (C=O) groups excluding carboxylic acids is 1. The Balaban J connectivity index is 1.57. The van der Waals surface area contributed by atoms with Gasteiger partial charge in [0.05, 0.1) is 24.1 Å². The minimum absolute atomic E-state index is 0.0574. The maximum atomic E-state index is 13.8. The highest BCUT2D eigenvalue weighted by Gasteiger charge is 2.32. The van der Waals surface area contributed by atoms with Gasteiger partial charge in [0.1, 0.15) is 5.76 Å². The number of anilines is 3. The predicted molar refractivity (Wildman–Crippen MR) is 165 cm³/mol. The van der Waals surface area contributed by atoms with Gasteiger partial charge in [-0.15, -0.1) is 0 Å². The number of piperidine rings is 1. The third-order valence-electron chi connectivity index (χ3n) is 7.61. The fourth-order valence-corrected chi connectivity index (χ4v) is 5.04. The number of ether oxygens (including phenoxy) is 1. The second-order valence-electron chi connectivity index (χ2n) is 10.8. The summed E-state index contributed by atoms with van der Waals surface area (Å²) < 4.78 is 46.8. The third-order valence-corrected chi connectivity index (χ3v) is 7.61. The molecule has 1 fully saturated rings. The van der Waals surface area contributed by atoms with Crippen molar-refractivity contribution in [1.29, 1.82) is 0 Å². The van der Waals surface area contributed by atoms with E-state index in [2.05, 4.69) is 15.2 Å². The van der Waals surface area contributed by atoms with Gasteiger partial charge in [-0.3, -0.25) is 14.8 Å². The molecule has 0 saturated carbocycles. The Kier molecular flexibility index (Phi) is 9.82. The van der Waals surface area contributed by atoms with Crippen LogP contribution in [0.2, 0.25) is 0 Å². The second-order valence-corrected chi connectivity index (χ2v) is 10.8. The van der Waals surface area contributed by atoms with Crippen molar-refractivity contribution in [2.24, 2.45) is 16.6 Å². The summed E-state index contributed by atoms with van der Waals surface area (Å²) in [7, 11) is 5.57. The molecule has 1 amide bonds. The number of aliphatic imine (C=N–C) groups is 1. The lowest BCUT2D eigenvalue weighted by Crippen LogP contribution is -2.42. The largest absolute Gasteiger partial charge is 0.501 e. The predicted octanol–water partition coefficient (Wildman–Crippen LogP) is 5.17. The molecule has 230 valence electrons. The summed E-state index contributed by atoms with van der Waals surface area (Å²) in [6, 6.07) is 8.91. The van der Waals surface area contributed by atoms with E-state index in [0.29, 0.717) is 54.0 Å². The number of nitrogens with zero attached hydrogens (tertiary/aromatic N) is 4. The molecule has 0 atom stereocenters. The van der Waals surface area contributed by atoms with Crippen molar-refractivity contribution in [2.45, 2.75) is 38.4 Å². The van der Waals surface area contributed by atoms with E-state index < -0.39 is 17.6 Å². The van der Waals surface area contributed by atoms with Crippen LogP contribution >= 0.6 is 0 Å². The number of allylic oxidation sites excluding steroid dienone is 2. The van der Waals surface area contributed by atoms with Crippen LogP contribution in [0, 0.1) is 6.92 Å². The van der Waals surface area contributed by atoms with Gasteiger partial charge in [-0.1, -0.05) is 6.07 Å². The van der Waals surface area contributed by atoms with E-state index in [0.717, 1.165) is 30.5 Å². The van der Waals surface area contributed by atoms with Crippen molar-refractivity contribution in [2.75, 3.05) is 49.5 Å². The van der Waals surface area contributed by atoms with Crippen molar-refractivity contribution >= 4 is 29.2 Å². The van der Waals surface area contributed by atoms with Gasteiger partial charge in [-0.25, -0.2) is 5.84 Å². The zero-order valence-electron chi connectivity index (χ0n) is 24.8. The lowest BCUT2D eigenvalue weighted by molar-refractivity contribution is -0.137. The highest BCUT2D eigenvalue weighted by Crippen LogP contribution is 2.36. The standard InChI is InChI=1S/C31H38F3N7O2/c1-20-5-6-21(14-29(20)41(36)19-28(35)22-13-27(43-4)7-10-37-18-22)30(42)38-24-15-23(31(32,33)34)16-26(17-24)40-11-8-25(9-12-40)39(2)3/h5-6,10,13-19,25H,7-9,11-12,35-36H2,1-4H3,(H,38,42)/b28-19-. The van der Waals surface area contributed by atoms with Crippen LogP contribution in [0.5, 0.6) is 0 Å². The fourth-order valence-electron chi connectivity index (χ4n) is 5.04. The monoisotopic (exact) mass is 597 g/mol. The van der Waals surface area contributed by atoms with Crippen LogP contribution in [-0.2, 0) is 10.9 Å². The Hall–Kier alpha value is -4.29.